The van der Waals surface area contributed by atoms with Crippen molar-refractivity contribution in [3.05, 3.63) is 46.0 Å². The topological polar surface area (TPSA) is 57.5 Å². The molecule has 0 spiro atoms. The number of nitrogens with one attached hydrogen (secondary N) is 2. The van der Waals surface area contributed by atoms with Gasteiger partial charge in [0.15, 0.2) is 0 Å². The van der Waals surface area contributed by atoms with Gasteiger partial charge < -0.3 is 15.1 Å². The van der Waals surface area contributed by atoms with E-state index in [0.29, 0.717) is 19.1 Å². The van der Waals surface area contributed by atoms with E-state index in [9.17, 15) is 4.79 Å². The van der Waals surface area contributed by atoms with Crippen molar-refractivity contribution in [1.29, 1.82) is 0 Å². The Morgan fingerprint density at radius 2 is 2.36 bits per heavy atom. The number of nitrogens with zero attached hydrogens (tertiary/aromatic N) is 1. The van der Waals surface area contributed by atoms with Crippen LogP contribution >= 0.6 is 11.3 Å². The smallest absolute Gasteiger partial charge is 0.315 e. The number of carbonyl (C=O) groups is 1. The summed E-state index contributed by atoms with van der Waals surface area (Å²) in [5.41, 5.74) is 2.40. The van der Waals surface area contributed by atoms with Gasteiger partial charge in [-0.25, -0.2) is 4.79 Å². The van der Waals surface area contributed by atoms with Gasteiger partial charge in [-0.05, 0) is 36.4 Å². The molecule has 3 rings (SSSR count). The van der Waals surface area contributed by atoms with Crippen LogP contribution in [-0.2, 0) is 19.5 Å². The minimum atomic E-state index is -0.138. The number of fused-ring (bicyclic) bond motifs is 1. The predicted molar refractivity (Wildman–Crippen MR) is 86.8 cm³/mol. The molecule has 2 amide bonds. The van der Waals surface area contributed by atoms with E-state index in [-0.39, 0.29) is 6.03 Å². The Labute approximate surface area is 134 Å². The Kier molecular flexibility index (Phi) is 4.80. The van der Waals surface area contributed by atoms with E-state index >= 15 is 0 Å². The quantitative estimate of drug-likeness (QED) is 0.890. The molecule has 118 valence electrons. The van der Waals surface area contributed by atoms with Crippen LogP contribution in [0.2, 0.25) is 0 Å². The summed E-state index contributed by atoms with van der Waals surface area (Å²) >= 11 is 1.85. The van der Waals surface area contributed by atoms with Crippen LogP contribution in [0.1, 0.15) is 22.9 Å². The maximum atomic E-state index is 11.8. The molecule has 0 unspecified atom stereocenters. The molecule has 3 heterocycles. The van der Waals surface area contributed by atoms with Crippen LogP contribution in [-0.4, -0.2) is 30.1 Å². The molecule has 0 saturated heterocycles. The largest absolute Gasteiger partial charge is 0.472 e. The molecule has 0 bridgehead atoms. The van der Waals surface area contributed by atoms with Gasteiger partial charge in [0.2, 0.25) is 0 Å². The first-order valence-electron chi connectivity index (χ1n) is 7.54. The van der Waals surface area contributed by atoms with Gasteiger partial charge in [-0.2, -0.15) is 0 Å². The van der Waals surface area contributed by atoms with Gasteiger partial charge in [-0.15, -0.1) is 11.3 Å². The molecule has 0 fully saturated rings. The van der Waals surface area contributed by atoms with E-state index in [2.05, 4.69) is 33.9 Å². The zero-order chi connectivity index (χ0) is 15.4. The highest BCUT2D eigenvalue weighted by molar-refractivity contribution is 7.10. The van der Waals surface area contributed by atoms with Gasteiger partial charge >= 0.3 is 6.03 Å². The summed E-state index contributed by atoms with van der Waals surface area (Å²) in [7, 11) is 0. The molecule has 0 aromatic carbocycles. The lowest BCUT2D eigenvalue weighted by Gasteiger charge is -2.32. The number of furan rings is 1. The highest BCUT2D eigenvalue weighted by atomic mass is 32.1. The van der Waals surface area contributed by atoms with Crippen LogP contribution in [0.3, 0.4) is 0 Å². The molecular weight excluding hydrogens is 298 g/mol. The summed E-state index contributed by atoms with van der Waals surface area (Å²) in [6.07, 6.45) is 4.35. The second-order valence-corrected chi connectivity index (χ2v) is 6.63. The predicted octanol–water partition coefficient (Wildman–Crippen LogP) is 2.59. The van der Waals surface area contributed by atoms with Crippen LogP contribution in [0.25, 0.3) is 0 Å². The number of amides is 2. The molecule has 1 atom stereocenters. The molecule has 5 nitrogen and oxygen atoms in total. The second-order valence-electron chi connectivity index (χ2n) is 5.63. The molecular formula is C16H21N3O2S. The molecule has 0 radical (unpaired) electrons. The molecule has 0 saturated carbocycles. The van der Waals surface area contributed by atoms with Crippen molar-refractivity contribution in [1.82, 2.24) is 15.5 Å². The van der Waals surface area contributed by atoms with Crippen molar-refractivity contribution >= 4 is 17.4 Å². The van der Waals surface area contributed by atoms with E-state index in [1.165, 1.54) is 10.4 Å². The SMILES string of the molecule is C[C@H](CNC(=O)NCc1ccoc1)N1CCc2sccc2C1. The lowest BCUT2D eigenvalue weighted by atomic mass is 10.1. The summed E-state index contributed by atoms with van der Waals surface area (Å²) in [5, 5.41) is 7.94. The van der Waals surface area contributed by atoms with E-state index in [1.807, 2.05) is 17.4 Å². The normalized spacial score (nSPS) is 16.0. The third kappa shape index (κ3) is 3.69. The average molecular weight is 319 g/mol. The Morgan fingerprint density at radius 3 is 3.18 bits per heavy atom. The van der Waals surface area contributed by atoms with Crippen LogP contribution in [0.15, 0.2) is 34.5 Å². The monoisotopic (exact) mass is 319 g/mol. The fraction of sp³-hybridized carbons (Fsp3) is 0.438. The first kappa shape index (κ1) is 15.1. The summed E-state index contributed by atoms with van der Waals surface area (Å²) < 4.78 is 4.97. The van der Waals surface area contributed by atoms with Gasteiger partial charge in [0, 0.05) is 42.7 Å². The van der Waals surface area contributed by atoms with Gasteiger partial charge in [0.25, 0.3) is 0 Å². The van der Waals surface area contributed by atoms with Crippen molar-refractivity contribution in [2.24, 2.45) is 0 Å². The minimum absolute atomic E-state index is 0.138. The zero-order valence-electron chi connectivity index (χ0n) is 12.7. The third-order valence-corrected chi connectivity index (χ3v) is 5.07. The van der Waals surface area contributed by atoms with Crippen LogP contribution in [0.4, 0.5) is 4.79 Å². The van der Waals surface area contributed by atoms with E-state index < -0.39 is 0 Å². The summed E-state index contributed by atoms with van der Waals surface area (Å²) in [5.74, 6) is 0. The van der Waals surface area contributed by atoms with Crippen LogP contribution < -0.4 is 10.6 Å². The summed E-state index contributed by atoms with van der Waals surface area (Å²) in [6, 6.07) is 4.24. The van der Waals surface area contributed by atoms with Crippen molar-refractivity contribution in [2.45, 2.75) is 32.5 Å². The minimum Gasteiger partial charge on any atom is -0.472 e. The molecule has 1 aliphatic heterocycles. The summed E-state index contributed by atoms with van der Waals surface area (Å²) in [6.45, 7) is 5.34. The number of hydrogen-bond acceptors (Lipinski definition) is 4. The number of rotatable bonds is 5. The molecule has 22 heavy (non-hydrogen) atoms. The van der Waals surface area contributed by atoms with Gasteiger partial charge in [0.05, 0.1) is 12.5 Å². The maximum absolute atomic E-state index is 11.8. The van der Waals surface area contributed by atoms with E-state index in [0.717, 1.165) is 25.1 Å². The van der Waals surface area contributed by atoms with Gasteiger partial charge in [-0.1, -0.05) is 0 Å². The first-order valence-corrected chi connectivity index (χ1v) is 8.42. The van der Waals surface area contributed by atoms with Crippen LogP contribution in [0, 0.1) is 0 Å². The molecule has 1 aliphatic rings. The molecule has 0 aliphatic carbocycles. The Balaban J connectivity index is 1.40. The Hall–Kier alpha value is -1.79. The average Bonchev–Trinajstić information content (AvgIpc) is 3.20. The first-order chi connectivity index (χ1) is 10.7. The van der Waals surface area contributed by atoms with Crippen molar-refractivity contribution in [3.8, 4) is 0 Å². The second kappa shape index (κ2) is 6.98. The molecule has 2 aromatic rings. The van der Waals surface area contributed by atoms with E-state index in [4.69, 9.17) is 4.42 Å². The number of hydrogen-bond donors (Lipinski definition) is 2. The van der Waals surface area contributed by atoms with E-state index in [1.54, 1.807) is 12.5 Å². The molecule has 2 N–H and O–H groups in total. The lowest BCUT2D eigenvalue weighted by Crippen LogP contribution is -2.46. The van der Waals surface area contributed by atoms with Crippen molar-refractivity contribution in [3.63, 3.8) is 0 Å². The molecule has 2 aromatic heterocycles. The van der Waals surface area contributed by atoms with Crippen molar-refractivity contribution in [2.75, 3.05) is 13.1 Å². The number of carbonyl (C=O) groups excluding carboxylic acids is 1. The van der Waals surface area contributed by atoms with Crippen molar-refractivity contribution < 1.29 is 9.21 Å². The lowest BCUT2D eigenvalue weighted by molar-refractivity contribution is 0.186. The number of urea groups is 1. The zero-order valence-corrected chi connectivity index (χ0v) is 13.5. The fourth-order valence-corrected chi connectivity index (χ4v) is 3.54. The van der Waals surface area contributed by atoms with Gasteiger partial charge in [0.1, 0.15) is 0 Å². The van der Waals surface area contributed by atoms with Gasteiger partial charge in [-0.3, -0.25) is 4.90 Å². The Morgan fingerprint density at radius 1 is 1.45 bits per heavy atom. The maximum Gasteiger partial charge on any atom is 0.315 e. The number of thiophene rings is 1. The third-order valence-electron chi connectivity index (χ3n) is 4.05. The highest BCUT2D eigenvalue weighted by Crippen LogP contribution is 2.24. The van der Waals surface area contributed by atoms with Crippen LogP contribution in [0.5, 0.6) is 0 Å². The highest BCUT2D eigenvalue weighted by Gasteiger charge is 2.21. The standard InChI is InChI=1S/C16H21N3O2S/c1-12(19-5-2-15-14(10-19)4-7-22-15)8-17-16(20)18-9-13-3-6-21-11-13/h3-4,6-7,11-12H,2,5,8-10H2,1H3,(H2,17,18,20)/t12-/m1/s1. The molecule has 6 heteroatoms. The Bertz CT molecular complexity index is 609. The fourth-order valence-electron chi connectivity index (χ4n) is 2.65. The summed E-state index contributed by atoms with van der Waals surface area (Å²) in [4.78, 5) is 15.7.